The van der Waals surface area contributed by atoms with Crippen molar-refractivity contribution >= 4 is 5.97 Å². The topological polar surface area (TPSA) is 56.5 Å². The maximum atomic E-state index is 11.5. The lowest BCUT2D eigenvalue weighted by Crippen LogP contribution is -2.15. The highest BCUT2D eigenvalue weighted by atomic mass is 16.5. The van der Waals surface area contributed by atoms with Gasteiger partial charge in [0.1, 0.15) is 11.3 Å². The number of ether oxygens (including phenoxy) is 1. The van der Waals surface area contributed by atoms with Crippen molar-refractivity contribution in [3.8, 4) is 0 Å². The molecule has 0 amide bonds. The van der Waals surface area contributed by atoms with Crippen LogP contribution in [-0.2, 0) is 11.2 Å². The quantitative estimate of drug-likeness (QED) is 0.564. The number of hydrogen-bond acceptors (Lipinski definition) is 4. The third-order valence-electron chi connectivity index (χ3n) is 2.56. The molecule has 1 aromatic heterocycles. The average molecular weight is 238 g/mol. The van der Waals surface area contributed by atoms with Crippen LogP contribution < -0.4 is 5.63 Å². The zero-order chi connectivity index (χ0) is 12.7. The molecule has 0 N–H and O–H groups in total. The van der Waals surface area contributed by atoms with Crippen molar-refractivity contribution in [3.05, 3.63) is 33.9 Å². The smallest absolute Gasteiger partial charge is 0.350 e. The highest BCUT2D eigenvalue weighted by Crippen LogP contribution is 2.07. The Hall–Kier alpha value is -1.58. The van der Waals surface area contributed by atoms with Crippen molar-refractivity contribution in [2.75, 3.05) is 7.11 Å². The van der Waals surface area contributed by atoms with Gasteiger partial charge < -0.3 is 9.15 Å². The summed E-state index contributed by atoms with van der Waals surface area (Å²) in [5, 5.41) is 0. The lowest BCUT2D eigenvalue weighted by atomic mass is 10.1. The monoisotopic (exact) mass is 238 g/mol. The summed E-state index contributed by atoms with van der Waals surface area (Å²) in [6.45, 7) is 2.14. The van der Waals surface area contributed by atoms with Crippen LogP contribution in [-0.4, -0.2) is 13.1 Å². The Labute approximate surface area is 101 Å². The molecule has 1 rings (SSSR count). The zero-order valence-electron chi connectivity index (χ0n) is 10.3. The molecule has 0 unspecified atom stereocenters. The Morgan fingerprint density at radius 3 is 2.65 bits per heavy atom. The van der Waals surface area contributed by atoms with E-state index in [4.69, 9.17) is 4.42 Å². The third-order valence-corrected chi connectivity index (χ3v) is 2.56. The number of carbonyl (C=O) groups excluding carboxylic acids is 1. The van der Waals surface area contributed by atoms with Crippen LogP contribution in [0.3, 0.4) is 0 Å². The number of rotatable bonds is 6. The van der Waals surface area contributed by atoms with E-state index in [1.54, 1.807) is 6.07 Å². The third kappa shape index (κ3) is 4.06. The summed E-state index contributed by atoms with van der Waals surface area (Å²) in [6.07, 6.45) is 5.21. The van der Waals surface area contributed by atoms with Crippen LogP contribution >= 0.6 is 0 Å². The molecule has 0 saturated carbocycles. The van der Waals surface area contributed by atoms with Gasteiger partial charge in [-0.25, -0.2) is 9.59 Å². The molecule has 0 aliphatic heterocycles. The fourth-order valence-corrected chi connectivity index (χ4v) is 1.57. The minimum atomic E-state index is -0.656. The number of unbranched alkanes of at least 4 members (excludes halogenated alkanes) is 3. The Bertz CT molecular complexity index is 420. The molecule has 0 aromatic carbocycles. The number of hydrogen-bond donors (Lipinski definition) is 0. The molecule has 0 aliphatic carbocycles. The summed E-state index contributed by atoms with van der Waals surface area (Å²) in [4.78, 5) is 22.6. The van der Waals surface area contributed by atoms with Crippen LogP contribution in [0.5, 0.6) is 0 Å². The van der Waals surface area contributed by atoms with E-state index in [0.29, 0.717) is 5.76 Å². The van der Waals surface area contributed by atoms with Crippen molar-refractivity contribution < 1.29 is 13.9 Å². The second-order valence-electron chi connectivity index (χ2n) is 3.91. The van der Waals surface area contributed by atoms with Crippen LogP contribution in [0.25, 0.3) is 0 Å². The first-order valence-electron chi connectivity index (χ1n) is 5.90. The molecule has 1 aromatic rings. The maximum Gasteiger partial charge on any atom is 0.350 e. The van der Waals surface area contributed by atoms with Crippen molar-refractivity contribution in [2.45, 2.75) is 39.0 Å². The molecule has 0 spiro atoms. The molecule has 0 radical (unpaired) electrons. The second-order valence-corrected chi connectivity index (χ2v) is 3.91. The molecule has 94 valence electrons. The standard InChI is InChI=1S/C13H18O4/c1-3-4-5-6-7-10-8-9-11(12(14)16-2)13(15)17-10/h8-9H,3-7H2,1-2H3. The Kier molecular flexibility index (Phi) is 5.46. The van der Waals surface area contributed by atoms with Gasteiger partial charge in [-0.05, 0) is 18.6 Å². The Morgan fingerprint density at radius 2 is 2.06 bits per heavy atom. The van der Waals surface area contributed by atoms with Crippen LogP contribution in [0, 0.1) is 0 Å². The van der Waals surface area contributed by atoms with E-state index in [9.17, 15) is 9.59 Å². The molecule has 0 aliphatic rings. The van der Waals surface area contributed by atoms with Crippen molar-refractivity contribution in [2.24, 2.45) is 0 Å². The number of esters is 1. The van der Waals surface area contributed by atoms with E-state index < -0.39 is 11.6 Å². The van der Waals surface area contributed by atoms with Gasteiger partial charge in [0.25, 0.3) is 0 Å². The van der Waals surface area contributed by atoms with Gasteiger partial charge in [-0.1, -0.05) is 26.2 Å². The highest BCUT2D eigenvalue weighted by Gasteiger charge is 2.12. The molecule has 0 bridgehead atoms. The van der Waals surface area contributed by atoms with E-state index in [1.165, 1.54) is 26.0 Å². The molecular weight excluding hydrogens is 220 g/mol. The summed E-state index contributed by atoms with van der Waals surface area (Å²) in [5.41, 5.74) is -0.672. The fraction of sp³-hybridized carbons (Fsp3) is 0.538. The molecule has 1 heterocycles. The average Bonchev–Trinajstić information content (AvgIpc) is 2.34. The maximum absolute atomic E-state index is 11.5. The zero-order valence-corrected chi connectivity index (χ0v) is 10.3. The minimum Gasteiger partial charge on any atom is -0.465 e. The molecule has 0 atom stereocenters. The molecule has 0 saturated heterocycles. The van der Waals surface area contributed by atoms with Gasteiger partial charge >= 0.3 is 11.6 Å². The molecule has 17 heavy (non-hydrogen) atoms. The Morgan fingerprint density at radius 1 is 1.29 bits per heavy atom. The fourth-order valence-electron chi connectivity index (χ4n) is 1.57. The number of aryl methyl sites for hydroxylation is 1. The van der Waals surface area contributed by atoms with Crippen molar-refractivity contribution in [1.29, 1.82) is 0 Å². The van der Waals surface area contributed by atoms with E-state index in [2.05, 4.69) is 11.7 Å². The van der Waals surface area contributed by atoms with Gasteiger partial charge in [0.05, 0.1) is 7.11 Å². The lowest BCUT2D eigenvalue weighted by Gasteiger charge is -2.01. The summed E-state index contributed by atoms with van der Waals surface area (Å²) in [6, 6.07) is 3.13. The van der Waals surface area contributed by atoms with E-state index >= 15 is 0 Å². The summed E-state index contributed by atoms with van der Waals surface area (Å²) in [7, 11) is 1.24. The SMILES string of the molecule is CCCCCCc1ccc(C(=O)OC)c(=O)o1. The van der Waals surface area contributed by atoms with Gasteiger partial charge in [0.2, 0.25) is 0 Å². The first kappa shape index (κ1) is 13.5. The Balaban J connectivity index is 2.63. The first-order valence-corrected chi connectivity index (χ1v) is 5.90. The van der Waals surface area contributed by atoms with E-state index in [0.717, 1.165) is 19.3 Å². The molecule has 4 nitrogen and oxygen atoms in total. The summed E-state index contributed by atoms with van der Waals surface area (Å²) in [5.74, 6) is -0.0324. The molecule has 4 heteroatoms. The van der Waals surface area contributed by atoms with Gasteiger partial charge in [0.15, 0.2) is 0 Å². The van der Waals surface area contributed by atoms with E-state index in [-0.39, 0.29) is 5.56 Å². The predicted molar refractivity (Wildman–Crippen MR) is 64.2 cm³/mol. The molecular formula is C13H18O4. The largest absolute Gasteiger partial charge is 0.465 e. The van der Waals surface area contributed by atoms with Crippen LogP contribution in [0.2, 0.25) is 0 Å². The van der Waals surface area contributed by atoms with Gasteiger partial charge in [0, 0.05) is 6.42 Å². The first-order chi connectivity index (χ1) is 8.19. The number of methoxy groups -OCH3 is 1. The van der Waals surface area contributed by atoms with Crippen molar-refractivity contribution in [1.82, 2.24) is 0 Å². The molecule has 0 fully saturated rings. The van der Waals surface area contributed by atoms with Gasteiger partial charge in [-0.2, -0.15) is 0 Å². The number of carbonyl (C=O) groups is 1. The van der Waals surface area contributed by atoms with Crippen LogP contribution in [0.4, 0.5) is 0 Å². The predicted octanol–water partition coefficient (Wildman–Crippen LogP) is 2.55. The van der Waals surface area contributed by atoms with Gasteiger partial charge in [-0.15, -0.1) is 0 Å². The second kappa shape index (κ2) is 6.89. The van der Waals surface area contributed by atoms with Crippen LogP contribution in [0.1, 0.15) is 48.7 Å². The van der Waals surface area contributed by atoms with Crippen LogP contribution in [0.15, 0.2) is 21.3 Å². The highest BCUT2D eigenvalue weighted by molar-refractivity contribution is 5.88. The van der Waals surface area contributed by atoms with E-state index in [1.807, 2.05) is 0 Å². The normalized spacial score (nSPS) is 10.2. The van der Waals surface area contributed by atoms with Gasteiger partial charge in [-0.3, -0.25) is 0 Å². The van der Waals surface area contributed by atoms with Crippen molar-refractivity contribution in [3.63, 3.8) is 0 Å². The lowest BCUT2D eigenvalue weighted by molar-refractivity contribution is 0.0595. The summed E-state index contributed by atoms with van der Waals surface area (Å²) >= 11 is 0. The summed E-state index contributed by atoms with van der Waals surface area (Å²) < 4.78 is 9.53. The minimum absolute atomic E-state index is 0.0511.